The Kier molecular flexibility index (Phi) is 5.88. The van der Waals surface area contributed by atoms with E-state index in [-0.39, 0.29) is 37.2 Å². The Bertz CT molecular complexity index is 970. The average molecular weight is 388 g/mol. The first-order chi connectivity index (χ1) is 13.0. The molecule has 2 aromatic carbocycles. The van der Waals surface area contributed by atoms with Crippen molar-refractivity contribution < 1.29 is 22.7 Å². The van der Waals surface area contributed by atoms with Gasteiger partial charge in [-0.05, 0) is 31.2 Å². The van der Waals surface area contributed by atoms with Crippen LogP contribution in [-0.4, -0.2) is 46.6 Å². The number of benzene rings is 2. The molecule has 0 atom stereocenters. The highest BCUT2D eigenvalue weighted by Gasteiger charge is 2.29. The Balaban J connectivity index is 1.40. The third-order valence-electron chi connectivity index (χ3n) is 3.88. The highest BCUT2D eigenvalue weighted by Crippen LogP contribution is 2.21. The van der Waals surface area contributed by atoms with E-state index in [0.29, 0.717) is 17.0 Å². The van der Waals surface area contributed by atoms with Gasteiger partial charge in [0.1, 0.15) is 12.4 Å². The summed E-state index contributed by atoms with van der Waals surface area (Å²) in [6.45, 7) is 2.86. The second-order valence-electron chi connectivity index (χ2n) is 5.95. The van der Waals surface area contributed by atoms with E-state index in [2.05, 4.69) is 9.71 Å². The second kappa shape index (κ2) is 8.32. The van der Waals surface area contributed by atoms with E-state index in [1.54, 1.807) is 42.5 Å². The third kappa shape index (κ3) is 4.72. The number of hydrogen-bond acceptors (Lipinski definition) is 6. The molecule has 7 nitrogen and oxygen atoms in total. The van der Waals surface area contributed by atoms with E-state index < -0.39 is 10.0 Å². The van der Waals surface area contributed by atoms with Crippen LogP contribution in [0.15, 0.2) is 58.4 Å². The molecular formula is C19H20N2O5S. The Morgan fingerprint density at radius 3 is 2.70 bits per heavy atom. The smallest absolute Gasteiger partial charge is 0.338 e. The van der Waals surface area contributed by atoms with Crippen LogP contribution in [0, 0.1) is 6.92 Å². The van der Waals surface area contributed by atoms with E-state index in [0.717, 1.165) is 5.56 Å². The number of nitrogens with one attached hydrogen (secondary N) is 1. The molecule has 0 aromatic heterocycles. The number of ether oxygens (including phenoxy) is 2. The molecule has 1 heterocycles. The summed E-state index contributed by atoms with van der Waals surface area (Å²) in [6, 6.07) is 13.8. The van der Waals surface area contributed by atoms with Crippen molar-refractivity contribution in [2.24, 2.45) is 4.99 Å². The van der Waals surface area contributed by atoms with E-state index in [4.69, 9.17) is 9.47 Å². The van der Waals surface area contributed by atoms with Crippen LogP contribution in [0.5, 0.6) is 0 Å². The third-order valence-corrected chi connectivity index (χ3v) is 5.28. The minimum Gasteiger partial charge on any atom is -0.460 e. The van der Waals surface area contributed by atoms with Crippen molar-refractivity contribution in [2.75, 3.05) is 26.4 Å². The zero-order valence-corrected chi connectivity index (χ0v) is 15.7. The summed E-state index contributed by atoms with van der Waals surface area (Å²) in [5.41, 5.74) is 2.06. The maximum Gasteiger partial charge on any atom is 0.338 e. The van der Waals surface area contributed by atoms with Gasteiger partial charge in [0, 0.05) is 5.56 Å². The molecule has 142 valence electrons. The average Bonchev–Trinajstić information content (AvgIpc) is 2.91. The molecule has 2 aromatic rings. The molecule has 0 unspecified atom stereocenters. The highest BCUT2D eigenvalue weighted by molar-refractivity contribution is 7.90. The monoisotopic (exact) mass is 388 g/mol. The Morgan fingerprint density at radius 1 is 1.07 bits per heavy atom. The predicted octanol–water partition coefficient (Wildman–Crippen LogP) is 1.91. The number of aliphatic imine (C=N–C) groups is 1. The summed E-state index contributed by atoms with van der Waals surface area (Å²) in [4.78, 5) is 16.3. The lowest BCUT2D eigenvalue weighted by atomic mass is 10.1. The molecular weight excluding hydrogens is 368 g/mol. The molecule has 0 aliphatic carbocycles. The maximum absolute atomic E-state index is 12.0. The fraction of sp³-hybridized carbons (Fsp3) is 0.263. The largest absolute Gasteiger partial charge is 0.460 e. The number of esters is 1. The van der Waals surface area contributed by atoms with Gasteiger partial charge in [-0.15, -0.1) is 0 Å². The van der Waals surface area contributed by atoms with Gasteiger partial charge in [0.15, 0.2) is 0 Å². The van der Waals surface area contributed by atoms with Crippen LogP contribution in [0.25, 0.3) is 0 Å². The van der Waals surface area contributed by atoms with Gasteiger partial charge in [-0.3, -0.25) is 9.71 Å². The van der Waals surface area contributed by atoms with E-state index in [9.17, 15) is 13.2 Å². The topological polar surface area (TPSA) is 94.1 Å². The summed E-state index contributed by atoms with van der Waals surface area (Å²) in [6.07, 6.45) is 0. The van der Waals surface area contributed by atoms with Gasteiger partial charge >= 0.3 is 5.97 Å². The Labute approximate surface area is 158 Å². The number of hydrogen-bond donors (Lipinski definition) is 1. The van der Waals surface area contributed by atoms with Crippen LogP contribution in [0.4, 0.5) is 0 Å². The normalized spacial score (nSPS) is 16.0. The Hall–Kier alpha value is -2.71. The van der Waals surface area contributed by atoms with Gasteiger partial charge in [0.25, 0.3) is 10.0 Å². The van der Waals surface area contributed by atoms with Crippen molar-refractivity contribution in [1.29, 1.82) is 0 Å². The molecule has 3 rings (SSSR count). The van der Waals surface area contributed by atoms with Crippen LogP contribution in [0.2, 0.25) is 0 Å². The number of sulfonamides is 1. The number of aryl methyl sites for hydroxylation is 1. The molecule has 0 radical (unpaired) electrons. The first-order valence-electron chi connectivity index (χ1n) is 8.45. The molecule has 0 spiro atoms. The summed E-state index contributed by atoms with van der Waals surface area (Å²) < 4.78 is 36.9. The molecule has 1 N–H and O–H groups in total. The van der Waals surface area contributed by atoms with Crippen LogP contribution >= 0.6 is 0 Å². The van der Waals surface area contributed by atoms with Gasteiger partial charge < -0.3 is 9.47 Å². The van der Waals surface area contributed by atoms with Gasteiger partial charge in [0.05, 0.1) is 30.2 Å². The summed E-state index contributed by atoms with van der Waals surface area (Å²) in [7, 11) is -3.52. The van der Waals surface area contributed by atoms with Crippen LogP contribution in [0.3, 0.4) is 0 Å². The molecule has 27 heavy (non-hydrogen) atoms. The minimum atomic E-state index is -3.52. The zero-order valence-electron chi connectivity index (χ0n) is 14.8. The summed E-state index contributed by atoms with van der Waals surface area (Å²) >= 11 is 0. The predicted molar refractivity (Wildman–Crippen MR) is 100 cm³/mol. The van der Waals surface area contributed by atoms with Crippen molar-refractivity contribution in [3.8, 4) is 0 Å². The molecule has 1 aliphatic heterocycles. The lowest BCUT2D eigenvalue weighted by molar-refractivity contribution is 0.0329. The van der Waals surface area contributed by atoms with Crippen molar-refractivity contribution in [2.45, 2.75) is 11.8 Å². The number of amidine groups is 1. The molecule has 0 bridgehead atoms. The van der Waals surface area contributed by atoms with Crippen molar-refractivity contribution >= 4 is 21.8 Å². The van der Waals surface area contributed by atoms with Gasteiger partial charge in [-0.2, -0.15) is 0 Å². The standard InChI is InChI=1S/C19H20N2O5S/c1-14-5-4-6-15(13-14)19(22)26-12-11-25-10-9-20-18-16-7-2-3-8-17(16)27(23,24)21-18/h2-8,13H,9-12H2,1H3,(H,20,21). The lowest BCUT2D eigenvalue weighted by Crippen LogP contribution is -2.22. The zero-order chi connectivity index (χ0) is 19.3. The number of carbonyl (C=O) groups is 1. The van der Waals surface area contributed by atoms with Crippen molar-refractivity contribution in [1.82, 2.24) is 4.72 Å². The van der Waals surface area contributed by atoms with Crippen LogP contribution in [0.1, 0.15) is 21.5 Å². The SMILES string of the molecule is Cc1cccc(C(=O)OCCOCCN=C2NS(=O)(=O)c3ccccc32)c1. The molecule has 0 amide bonds. The van der Waals surface area contributed by atoms with Crippen molar-refractivity contribution in [3.63, 3.8) is 0 Å². The number of rotatable bonds is 7. The van der Waals surface area contributed by atoms with E-state index in [1.165, 1.54) is 0 Å². The quantitative estimate of drug-likeness (QED) is 0.578. The Morgan fingerprint density at radius 2 is 1.89 bits per heavy atom. The lowest BCUT2D eigenvalue weighted by Gasteiger charge is -2.06. The van der Waals surface area contributed by atoms with Crippen molar-refractivity contribution in [3.05, 3.63) is 65.2 Å². The van der Waals surface area contributed by atoms with Crippen LogP contribution in [-0.2, 0) is 19.5 Å². The van der Waals surface area contributed by atoms with Crippen LogP contribution < -0.4 is 4.72 Å². The number of nitrogens with zero attached hydrogens (tertiary/aromatic N) is 1. The van der Waals surface area contributed by atoms with Gasteiger partial charge in [-0.25, -0.2) is 13.2 Å². The molecule has 8 heteroatoms. The molecule has 1 aliphatic rings. The molecule has 0 fully saturated rings. The molecule has 0 saturated heterocycles. The number of carbonyl (C=O) groups excluding carboxylic acids is 1. The first-order valence-corrected chi connectivity index (χ1v) is 9.94. The fourth-order valence-corrected chi connectivity index (χ4v) is 3.87. The summed E-state index contributed by atoms with van der Waals surface area (Å²) in [5.74, 6) is -0.0698. The minimum absolute atomic E-state index is 0.138. The first kappa shape index (κ1) is 19.1. The molecule has 0 saturated carbocycles. The van der Waals surface area contributed by atoms with E-state index >= 15 is 0 Å². The fourth-order valence-electron chi connectivity index (χ4n) is 2.62. The van der Waals surface area contributed by atoms with E-state index in [1.807, 2.05) is 13.0 Å². The van der Waals surface area contributed by atoms with Gasteiger partial charge in [-0.1, -0.05) is 29.8 Å². The second-order valence-corrected chi connectivity index (χ2v) is 7.60. The maximum atomic E-state index is 12.0. The number of fused-ring (bicyclic) bond motifs is 1. The summed E-state index contributed by atoms with van der Waals surface area (Å²) in [5, 5.41) is 0. The highest BCUT2D eigenvalue weighted by atomic mass is 32.2. The van der Waals surface area contributed by atoms with Gasteiger partial charge in [0.2, 0.25) is 0 Å².